The molecule has 1 heterocycles. The summed E-state index contributed by atoms with van der Waals surface area (Å²) in [5.74, 6) is -2.95. The highest BCUT2D eigenvalue weighted by molar-refractivity contribution is 9.09. The van der Waals surface area contributed by atoms with Crippen molar-refractivity contribution in [3.05, 3.63) is 0 Å². The second-order valence-corrected chi connectivity index (χ2v) is 5.56. The SMILES string of the molecule is COC(=O)[C@H]1O[C@@H](Br)[C@H](OC(C)=O)[C@@H](OC(C)=O)[C@H]1OC(C)=O. The van der Waals surface area contributed by atoms with Crippen molar-refractivity contribution in [1.82, 2.24) is 0 Å². The van der Waals surface area contributed by atoms with Crippen molar-refractivity contribution in [2.24, 2.45) is 0 Å². The van der Waals surface area contributed by atoms with Gasteiger partial charge in [0.1, 0.15) is 0 Å². The average molecular weight is 397 g/mol. The first-order chi connectivity index (χ1) is 10.7. The van der Waals surface area contributed by atoms with E-state index < -0.39 is 53.3 Å². The van der Waals surface area contributed by atoms with Gasteiger partial charge in [-0.1, -0.05) is 15.9 Å². The summed E-state index contributed by atoms with van der Waals surface area (Å²) in [4.78, 5) is 45.8. The zero-order valence-corrected chi connectivity index (χ0v) is 14.5. The van der Waals surface area contributed by atoms with Crippen molar-refractivity contribution in [3.63, 3.8) is 0 Å². The monoisotopic (exact) mass is 396 g/mol. The summed E-state index contributed by atoms with van der Waals surface area (Å²) in [6, 6.07) is 0. The maximum Gasteiger partial charge on any atom is 0.339 e. The lowest BCUT2D eigenvalue weighted by Crippen LogP contribution is -2.61. The van der Waals surface area contributed by atoms with Crippen LogP contribution in [0.25, 0.3) is 0 Å². The molecule has 10 heteroatoms. The van der Waals surface area contributed by atoms with Gasteiger partial charge in [-0.05, 0) is 0 Å². The number of methoxy groups -OCH3 is 1. The molecule has 1 aliphatic heterocycles. The van der Waals surface area contributed by atoms with Crippen molar-refractivity contribution >= 4 is 39.8 Å². The molecule has 130 valence electrons. The van der Waals surface area contributed by atoms with Gasteiger partial charge in [0.15, 0.2) is 29.4 Å². The van der Waals surface area contributed by atoms with E-state index in [1.165, 1.54) is 0 Å². The quantitative estimate of drug-likeness (QED) is 0.369. The number of alkyl halides is 1. The Morgan fingerprint density at radius 2 is 1.26 bits per heavy atom. The van der Waals surface area contributed by atoms with Gasteiger partial charge in [0, 0.05) is 20.8 Å². The predicted molar refractivity (Wildman–Crippen MR) is 76.3 cm³/mol. The summed E-state index contributed by atoms with van der Waals surface area (Å²) in [5, 5.41) is -0.980. The van der Waals surface area contributed by atoms with Crippen molar-refractivity contribution in [1.29, 1.82) is 0 Å². The van der Waals surface area contributed by atoms with Crippen LogP contribution < -0.4 is 0 Å². The molecule has 5 atom stereocenters. The Hall–Kier alpha value is -1.68. The van der Waals surface area contributed by atoms with Crippen LogP contribution in [0.4, 0.5) is 0 Å². The Bertz CT molecular complexity index is 492. The van der Waals surface area contributed by atoms with Crippen LogP contribution in [0.15, 0.2) is 0 Å². The normalized spacial score (nSPS) is 30.0. The fourth-order valence-electron chi connectivity index (χ4n) is 2.07. The van der Waals surface area contributed by atoms with Crippen LogP contribution in [0.1, 0.15) is 20.8 Å². The lowest BCUT2D eigenvalue weighted by Gasteiger charge is -2.41. The van der Waals surface area contributed by atoms with E-state index in [1.54, 1.807) is 0 Å². The smallest absolute Gasteiger partial charge is 0.339 e. The van der Waals surface area contributed by atoms with Gasteiger partial charge < -0.3 is 23.7 Å². The molecule has 0 aliphatic carbocycles. The summed E-state index contributed by atoms with van der Waals surface area (Å²) in [5.41, 5.74) is 0. The number of ether oxygens (including phenoxy) is 5. The van der Waals surface area contributed by atoms with Gasteiger partial charge in [0.05, 0.1) is 7.11 Å². The molecule has 0 saturated carbocycles. The standard InChI is InChI=1S/C13H17BrO9/c1-5(15)20-8-9(21-6(2)16)11(13(18)19-4)23-12(14)10(8)22-7(3)17/h8-12H,1-4H3/t8-,9+,10+,11-,12+/m0/s1. The summed E-state index contributed by atoms with van der Waals surface area (Å²) in [6.45, 7) is 3.39. The lowest BCUT2D eigenvalue weighted by molar-refractivity contribution is -0.234. The molecule has 0 aromatic carbocycles. The van der Waals surface area contributed by atoms with Gasteiger partial charge in [0.2, 0.25) is 0 Å². The Morgan fingerprint density at radius 3 is 1.70 bits per heavy atom. The molecule has 0 spiro atoms. The third kappa shape index (κ3) is 5.17. The van der Waals surface area contributed by atoms with E-state index in [0.29, 0.717) is 0 Å². The molecule has 1 rings (SSSR count). The Kier molecular flexibility index (Phi) is 6.95. The minimum Gasteiger partial charge on any atom is -0.467 e. The molecule has 1 fully saturated rings. The number of carbonyl (C=O) groups excluding carboxylic acids is 4. The Labute approximate surface area is 140 Å². The molecule has 1 saturated heterocycles. The van der Waals surface area contributed by atoms with Crippen LogP contribution in [0, 0.1) is 0 Å². The highest BCUT2D eigenvalue weighted by Gasteiger charge is 2.53. The molecule has 9 nitrogen and oxygen atoms in total. The molecule has 1 aliphatic rings. The van der Waals surface area contributed by atoms with Crippen molar-refractivity contribution in [2.45, 2.75) is 50.2 Å². The number of halogens is 1. The van der Waals surface area contributed by atoms with Crippen LogP contribution in [0.5, 0.6) is 0 Å². The Balaban J connectivity index is 3.21. The van der Waals surface area contributed by atoms with E-state index in [4.69, 9.17) is 18.9 Å². The first kappa shape index (κ1) is 19.4. The summed E-state index contributed by atoms with van der Waals surface area (Å²) >= 11 is 3.11. The van der Waals surface area contributed by atoms with Crippen LogP contribution in [0.2, 0.25) is 0 Å². The third-order valence-corrected chi connectivity index (χ3v) is 3.56. The average Bonchev–Trinajstić information content (AvgIpc) is 2.43. The third-order valence-electron chi connectivity index (χ3n) is 2.82. The van der Waals surface area contributed by atoms with E-state index in [9.17, 15) is 19.2 Å². The topological polar surface area (TPSA) is 114 Å². The maximum absolute atomic E-state index is 11.9. The highest BCUT2D eigenvalue weighted by atomic mass is 79.9. The van der Waals surface area contributed by atoms with Gasteiger partial charge in [0.25, 0.3) is 0 Å². The van der Waals surface area contributed by atoms with Crippen LogP contribution in [-0.4, -0.2) is 60.4 Å². The number of rotatable bonds is 4. The summed E-state index contributed by atoms with van der Waals surface area (Å²) in [7, 11) is 1.12. The molecule has 0 amide bonds. The van der Waals surface area contributed by atoms with Gasteiger partial charge in [-0.25, -0.2) is 4.79 Å². The van der Waals surface area contributed by atoms with Crippen molar-refractivity contribution in [2.75, 3.05) is 7.11 Å². The van der Waals surface area contributed by atoms with Gasteiger partial charge in [-0.2, -0.15) is 0 Å². The van der Waals surface area contributed by atoms with Crippen LogP contribution in [0.3, 0.4) is 0 Å². The van der Waals surface area contributed by atoms with E-state index >= 15 is 0 Å². The van der Waals surface area contributed by atoms with Crippen LogP contribution in [-0.2, 0) is 42.9 Å². The zero-order chi connectivity index (χ0) is 17.7. The zero-order valence-electron chi connectivity index (χ0n) is 12.9. The summed E-state index contributed by atoms with van der Waals surface area (Å²) in [6.07, 6.45) is -5.06. The molecular weight excluding hydrogens is 380 g/mol. The molecule has 0 aromatic rings. The first-order valence-corrected chi connectivity index (χ1v) is 7.48. The molecule has 23 heavy (non-hydrogen) atoms. The first-order valence-electron chi connectivity index (χ1n) is 6.56. The van der Waals surface area contributed by atoms with Crippen molar-refractivity contribution < 1.29 is 42.9 Å². The van der Waals surface area contributed by atoms with E-state index in [1.807, 2.05) is 0 Å². The molecule has 0 unspecified atom stereocenters. The second-order valence-electron chi connectivity index (χ2n) is 4.65. The lowest BCUT2D eigenvalue weighted by atomic mass is 9.99. The Morgan fingerprint density at radius 1 is 0.826 bits per heavy atom. The van der Waals surface area contributed by atoms with Gasteiger partial charge >= 0.3 is 23.9 Å². The minimum atomic E-state index is -1.36. The number of esters is 4. The van der Waals surface area contributed by atoms with Crippen LogP contribution >= 0.6 is 15.9 Å². The van der Waals surface area contributed by atoms with E-state index in [0.717, 1.165) is 27.9 Å². The number of hydrogen-bond donors (Lipinski definition) is 0. The summed E-state index contributed by atoms with van der Waals surface area (Å²) < 4.78 is 25.2. The van der Waals surface area contributed by atoms with Gasteiger partial charge in [-0.3, -0.25) is 14.4 Å². The van der Waals surface area contributed by atoms with E-state index in [2.05, 4.69) is 20.7 Å². The minimum absolute atomic E-state index is 0.668. The van der Waals surface area contributed by atoms with Crippen molar-refractivity contribution in [3.8, 4) is 0 Å². The molecule has 0 bridgehead atoms. The second kappa shape index (κ2) is 8.25. The fraction of sp³-hybridized carbons (Fsp3) is 0.692. The molecule has 0 radical (unpaired) electrons. The molecule has 0 N–H and O–H groups in total. The fourth-order valence-corrected chi connectivity index (χ4v) is 2.71. The predicted octanol–water partition coefficient (Wildman–Crippen LogP) is 0.0743. The van der Waals surface area contributed by atoms with Gasteiger partial charge in [-0.15, -0.1) is 0 Å². The number of carbonyl (C=O) groups is 4. The molecular formula is C13H17BrO9. The van der Waals surface area contributed by atoms with E-state index in [-0.39, 0.29) is 0 Å². The highest BCUT2D eigenvalue weighted by Crippen LogP contribution is 2.31. The largest absolute Gasteiger partial charge is 0.467 e. The molecule has 0 aromatic heterocycles. The number of hydrogen-bond acceptors (Lipinski definition) is 9. The maximum atomic E-state index is 11.9.